The van der Waals surface area contributed by atoms with Crippen molar-refractivity contribution in [1.29, 1.82) is 0 Å². The number of ether oxygens (including phenoxy) is 1. The fourth-order valence-electron chi connectivity index (χ4n) is 3.50. The molecule has 1 atom stereocenters. The molecule has 0 radical (unpaired) electrons. The van der Waals surface area contributed by atoms with Crippen molar-refractivity contribution in [3.63, 3.8) is 0 Å². The second-order valence-electron chi connectivity index (χ2n) is 6.81. The van der Waals surface area contributed by atoms with Crippen LogP contribution in [0.3, 0.4) is 0 Å². The monoisotopic (exact) mass is 290 g/mol. The molecule has 1 N–H and O–H groups in total. The zero-order chi connectivity index (χ0) is 14.7. The van der Waals surface area contributed by atoms with E-state index in [0.29, 0.717) is 12.0 Å². The molecule has 5 nitrogen and oxygen atoms in total. The van der Waals surface area contributed by atoms with Crippen LogP contribution in [0.5, 0.6) is 0 Å². The second kappa shape index (κ2) is 6.28. The van der Waals surface area contributed by atoms with Gasteiger partial charge in [0.2, 0.25) is 5.95 Å². The minimum Gasteiger partial charge on any atom is -0.373 e. The zero-order valence-corrected chi connectivity index (χ0v) is 13.1. The van der Waals surface area contributed by atoms with Crippen LogP contribution in [-0.2, 0) is 4.74 Å². The van der Waals surface area contributed by atoms with Crippen molar-refractivity contribution in [2.45, 2.75) is 44.8 Å². The molecular formula is C16H26N4O. The maximum absolute atomic E-state index is 6.17. The quantitative estimate of drug-likeness (QED) is 0.921. The first-order chi connectivity index (χ1) is 10.2. The summed E-state index contributed by atoms with van der Waals surface area (Å²) in [4.78, 5) is 11.0. The Hall–Kier alpha value is -1.20. The normalized spacial score (nSPS) is 25.6. The van der Waals surface area contributed by atoms with Gasteiger partial charge in [-0.3, -0.25) is 0 Å². The van der Waals surface area contributed by atoms with E-state index in [4.69, 9.17) is 4.74 Å². The summed E-state index contributed by atoms with van der Waals surface area (Å²) in [6.45, 7) is 8.87. The Morgan fingerprint density at radius 1 is 1.33 bits per heavy atom. The average Bonchev–Trinajstić information content (AvgIpc) is 2.85. The minimum atomic E-state index is 0.0833. The van der Waals surface area contributed by atoms with Crippen molar-refractivity contribution in [3.8, 4) is 0 Å². The Morgan fingerprint density at radius 3 is 2.71 bits per heavy atom. The lowest BCUT2D eigenvalue weighted by atomic mass is 9.87. The molecule has 1 spiro atoms. The van der Waals surface area contributed by atoms with E-state index in [-0.39, 0.29) is 5.60 Å². The van der Waals surface area contributed by atoms with Gasteiger partial charge < -0.3 is 15.0 Å². The van der Waals surface area contributed by atoms with Gasteiger partial charge in [0.25, 0.3) is 0 Å². The molecule has 2 aliphatic rings. The number of likely N-dealkylation sites (tertiary alicyclic amines) is 1. The van der Waals surface area contributed by atoms with E-state index in [1.807, 2.05) is 6.07 Å². The Bertz CT molecular complexity index is 443. The first-order valence-electron chi connectivity index (χ1n) is 8.05. The molecule has 5 heteroatoms. The van der Waals surface area contributed by atoms with E-state index in [2.05, 4.69) is 34.0 Å². The van der Waals surface area contributed by atoms with Crippen LogP contribution in [0, 0.1) is 5.92 Å². The van der Waals surface area contributed by atoms with Gasteiger partial charge in [0.1, 0.15) is 0 Å². The van der Waals surface area contributed by atoms with Gasteiger partial charge in [-0.05, 0) is 31.2 Å². The van der Waals surface area contributed by atoms with Crippen molar-refractivity contribution in [2.24, 2.45) is 5.92 Å². The molecule has 2 saturated heterocycles. The standard InChI is InChI=1S/C16H26N4O/c1-13(2)11-20-8-4-16(5-9-20)10-14(12-21-16)19-15-17-6-3-7-18-15/h3,6-7,13-14H,4-5,8-12H2,1-2H3,(H,17,18,19)/t14-/m0/s1. The fraction of sp³-hybridized carbons (Fsp3) is 0.750. The summed E-state index contributed by atoms with van der Waals surface area (Å²) < 4.78 is 6.17. The Balaban J connectivity index is 1.50. The van der Waals surface area contributed by atoms with Crippen LogP contribution < -0.4 is 5.32 Å². The van der Waals surface area contributed by atoms with Crippen molar-refractivity contribution in [2.75, 3.05) is 31.6 Å². The minimum absolute atomic E-state index is 0.0833. The second-order valence-corrected chi connectivity index (χ2v) is 6.81. The van der Waals surface area contributed by atoms with Gasteiger partial charge in [0, 0.05) is 32.0 Å². The van der Waals surface area contributed by atoms with Gasteiger partial charge in [-0.1, -0.05) is 13.8 Å². The van der Waals surface area contributed by atoms with Crippen LogP contribution in [0.4, 0.5) is 5.95 Å². The van der Waals surface area contributed by atoms with Crippen molar-refractivity contribution < 1.29 is 4.74 Å². The molecule has 0 aromatic carbocycles. The van der Waals surface area contributed by atoms with Crippen LogP contribution in [0.25, 0.3) is 0 Å². The van der Waals surface area contributed by atoms with Crippen LogP contribution >= 0.6 is 0 Å². The number of rotatable bonds is 4. The molecule has 116 valence electrons. The topological polar surface area (TPSA) is 50.3 Å². The third-order valence-electron chi connectivity index (χ3n) is 4.50. The van der Waals surface area contributed by atoms with Gasteiger partial charge in [-0.15, -0.1) is 0 Å². The Labute approximate surface area is 127 Å². The molecule has 0 saturated carbocycles. The molecule has 1 aromatic heterocycles. The third kappa shape index (κ3) is 3.71. The van der Waals surface area contributed by atoms with E-state index < -0.39 is 0 Å². The molecule has 2 aliphatic heterocycles. The lowest BCUT2D eigenvalue weighted by Crippen LogP contribution is -2.45. The summed E-state index contributed by atoms with van der Waals surface area (Å²) >= 11 is 0. The van der Waals surface area contributed by atoms with Crippen molar-refractivity contribution in [1.82, 2.24) is 14.9 Å². The van der Waals surface area contributed by atoms with Crippen LogP contribution in [0.15, 0.2) is 18.5 Å². The summed E-state index contributed by atoms with van der Waals surface area (Å²) in [6, 6.07) is 2.17. The van der Waals surface area contributed by atoms with Crippen LogP contribution in [0.2, 0.25) is 0 Å². The molecule has 0 unspecified atom stereocenters. The smallest absolute Gasteiger partial charge is 0.222 e. The van der Waals surface area contributed by atoms with Gasteiger partial charge in [-0.2, -0.15) is 0 Å². The third-order valence-corrected chi connectivity index (χ3v) is 4.50. The largest absolute Gasteiger partial charge is 0.373 e. The van der Waals surface area contributed by atoms with E-state index in [9.17, 15) is 0 Å². The van der Waals surface area contributed by atoms with Crippen molar-refractivity contribution >= 4 is 5.95 Å². The predicted octanol–water partition coefficient (Wildman–Crippen LogP) is 2.17. The van der Waals surface area contributed by atoms with E-state index in [1.165, 1.54) is 6.54 Å². The molecule has 1 aromatic rings. The lowest BCUT2D eigenvalue weighted by molar-refractivity contribution is -0.0449. The molecule has 3 heterocycles. The Morgan fingerprint density at radius 2 is 2.05 bits per heavy atom. The van der Waals surface area contributed by atoms with Gasteiger partial charge >= 0.3 is 0 Å². The maximum atomic E-state index is 6.17. The molecule has 0 amide bonds. The number of anilines is 1. The molecule has 0 bridgehead atoms. The first kappa shape index (κ1) is 14.7. The van der Waals surface area contributed by atoms with Gasteiger partial charge in [0.15, 0.2) is 0 Å². The number of piperidine rings is 1. The number of aromatic nitrogens is 2. The highest BCUT2D eigenvalue weighted by Crippen LogP contribution is 2.36. The zero-order valence-electron chi connectivity index (χ0n) is 13.1. The Kier molecular flexibility index (Phi) is 4.40. The number of nitrogens with zero attached hydrogens (tertiary/aromatic N) is 3. The summed E-state index contributed by atoms with van der Waals surface area (Å²) in [6.07, 6.45) is 6.90. The van der Waals surface area contributed by atoms with E-state index >= 15 is 0 Å². The summed E-state index contributed by atoms with van der Waals surface area (Å²) in [5.41, 5.74) is 0.0833. The highest BCUT2D eigenvalue weighted by atomic mass is 16.5. The first-order valence-corrected chi connectivity index (χ1v) is 8.05. The van der Waals surface area contributed by atoms with E-state index in [0.717, 1.165) is 44.9 Å². The van der Waals surface area contributed by atoms with Gasteiger partial charge in [-0.25, -0.2) is 9.97 Å². The summed E-state index contributed by atoms with van der Waals surface area (Å²) in [5, 5.41) is 3.40. The number of nitrogens with one attached hydrogen (secondary N) is 1. The number of hydrogen-bond donors (Lipinski definition) is 1. The van der Waals surface area contributed by atoms with Crippen molar-refractivity contribution in [3.05, 3.63) is 18.5 Å². The summed E-state index contributed by atoms with van der Waals surface area (Å²) in [5.74, 6) is 1.45. The van der Waals surface area contributed by atoms with Crippen LogP contribution in [0.1, 0.15) is 33.1 Å². The lowest BCUT2D eigenvalue weighted by Gasteiger charge is -2.39. The highest BCUT2D eigenvalue weighted by Gasteiger charge is 2.42. The molecule has 2 fully saturated rings. The highest BCUT2D eigenvalue weighted by molar-refractivity contribution is 5.25. The predicted molar refractivity (Wildman–Crippen MR) is 83.3 cm³/mol. The summed E-state index contributed by atoms with van der Waals surface area (Å²) in [7, 11) is 0. The van der Waals surface area contributed by atoms with Crippen LogP contribution in [-0.4, -0.2) is 52.8 Å². The maximum Gasteiger partial charge on any atom is 0.222 e. The molecule has 3 rings (SSSR count). The SMILES string of the molecule is CC(C)CN1CCC2(CC1)C[C@H](Nc1ncccn1)CO2. The fourth-order valence-corrected chi connectivity index (χ4v) is 3.50. The molecular weight excluding hydrogens is 264 g/mol. The molecule has 0 aliphatic carbocycles. The average molecular weight is 290 g/mol. The van der Waals surface area contributed by atoms with E-state index in [1.54, 1.807) is 12.4 Å². The molecule has 21 heavy (non-hydrogen) atoms. The number of hydrogen-bond acceptors (Lipinski definition) is 5. The van der Waals surface area contributed by atoms with Gasteiger partial charge in [0.05, 0.1) is 18.2 Å².